The summed E-state index contributed by atoms with van der Waals surface area (Å²) in [7, 11) is 2.82. The predicted molar refractivity (Wildman–Crippen MR) is 123 cm³/mol. The Morgan fingerprint density at radius 2 is 1.76 bits per heavy atom. The summed E-state index contributed by atoms with van der Waals surface area (Å²) in [5.41, 5.74) is 1.40. The summed E-state index contributed by atoms with van der Waals surface area (Å²) >= 11 is 3.12. The molecule has 0 fully saturated rings. The van der Waals surface area contributed by atoms with Crippen LogP contribution in [0.1, 0.15) is 28.2 Å². The van der Waals surface area contributed by atoms with Gasteiger partial charge in [0.25, 0.3) is 5.91 Å². The van der Waals surface area contributed by atoms with Crippen LogP contribution in [0.3, 0.4) is 0 Å². The summed E-state index contributed by atoms with van der Waals surface area (Å²) in [6.45, 7) is -0.457. The van der Waals surface area contributed by atoms with Crippen LogP contribution in [0.4, 0.5) is 22.0 Å². The van der Waals surface area contributed by atoms with Crippen LogP contribution in [-0.4, -0.2) is 47.6 Å². The number of carbonyl (C=O) groups excluding carboxylic acids is 1. The highest BCUT2D eigenvalue weighted by molar-refractivity contribution is 9.10. The molecule has 0 aliphatic carbocycles. The van der Waals surface area contributed by atoms with E-state index in [1.54, 1.807) is 0 Å². The molecule has 0 bridgehead atoms. The Hall–Kier alpha value is -3.52. The fourth-order valence-electron chi connectivity index (χ4n) is 3.56. The molecule has 2 aromatic carbocycles. The van der Waals surface area contributed by atoms with Crippen molar-refractivity contribution in [3.8, 4) is 17.0 Å². The highest BCUT2D eigenvalue weighted by Gasteiger charge is 2.48. The standard InChI is InChI=1S/C23H19BrF5N3O5/c1-32(2)22(21(34)35,9-10-36-14-8-7-13(25)15(16(14)26)19(30)33)20-31-17(18(24)37-20)11-3-5-12(6-4-11)23(27,28)29/h3-8H,9-10H2,1-2H3,(H2,30,33)(H,34,35). The molecule has 3 aromatic rings. The molecule has 0 radical (unpaired) electrons. The number of nitrogens with zero attached hydrogens (tertiary/aromatic N) is 2. The highest BCUT2D eigenvalue weighted by Crippen LogP contribution is 2.38. The third-order valence-electron chi connectivity index (χ3n) is 5.57. The minimum Gasteiger partial charge on any atom is -0.490 e. The van der Waals surface area contributed by atoms with E-state index in [4.69, 9.17) is 14.9 Å². The molecular formula is C23H19BrF5N3O5. The smallest absolute Gasteiger partial charge is 0.416 e. The van der Waals surface area contributed by atoms with Gasteiger partial charge in [-0.25, -0.2) is 18.6 Å². The first-order valence-corrected chi connectivity index (χ1v) is 11.1. The van der Waals surface area contributed by atoms with Gasteiger partial charge in [0.05, 0.1) is 12.2 Å². The second-order valence-electron chi connectivity index (χ2n) is 7.97. The van der Waals surface area contributed by atoms with E-state index in [0.717, 1.165) is 36.4 Å². The molecular weight excluding hydrogens is 573 g/mol. The van der Waals surface area contributed by atoms with Crippen LogP contribution in [0.5, 0.6) is 5.75 Å². The molecule has 1 atom stereocenters. The van der Waals surface area contributed by atoms with Crippen molar-refractivity contribution in [2.75, 3.05) is 20.7 Å². The minimum absolute atomic E-state index is 0.0358. The summed E-state index contributed by atoms with van der Waals surface area (Å²) < 4.78 is 77.7. The molecule has 37 heavy (non-hydrogen) atoms. The van der Waals surface area contributed by atoms with Crippen LogP contribution in [0.15, 0.2) is 45.5 Å². The van der Waals surface area contributed by atoms with Gasteiger partial charge in [0.15, 0.2) is 21.8 Å². The first kappa shape index (κ1) is 28.1. The molecule has 1 amide bonds. The average Bonchev–Trinajstić information content (AvgIpc) is 3.18. The van der Waals surface area contributed by atoms with E-state index in [0.29, 0.717) is 0 Å². The maximum Gasteiger partial charge on any atom is 0.416 e. The predicted octanol–water partition coefficient (Wildman–Crippen LogP) is 4.81. The van der Waals surface area contributed by atoms with E-state index in [2.05, 4.69) is 20.9 Å². The second-order valence-corrected chi connectivity index (χ2v) is 8.69. The molecule has 0 aliphatic heterocycles. The Morgan fingerprint density at radius 3 is 2.27 bits per heavy atom. The van der Waals surface area contributed by atoms with Gasteiger partial charge in [-0.15, -0.1) is 0 Å². The molecule has 14 heteroatoms. The Balaban J connectivity index is 1.94. The van der Waals surface area contributed by atoms with Gasteiger partial charge < -0.3 is 20.0 Å². The number of carbonyl (C=O) groups is 2. The lowest BCUT2D eigenvalue weighted by Crippen LogP contribution is -2.49. The van der Waals surface area contributed by atoms with Crippen LogP contribution in [0.25, 0.3) is 11.3 Å². The Kier molecular flexibility index (Phi) is 7.93. The molecule has 0 spiro atoms. The van der Waals surface area contributed by atoms with Gasteiger partial charge in [-0.2, -0.15) is 13.2 Å². The van der Waals surface area contributed by atoms with E-state index in [1.165, 1.54) is 19.0 Å². The van der Waals surface area contributed by atoms with Gasteiger partial charge in [0, 0.05) is 12.0 Å². The van der Waals surface area contributed by atoms with Gasteiger partial charge in [0.1, 0.15) is 17.1 Å². The zero-order valence-corrected chi connectivity index (χ0v) is 20.8. The number of aromatic nitrogens is 1. The van der Waals surface area contributed by atoms with E-state index in [1.807, 2.05) is 0 Å². The Labute approximate surface area is 215 Å². The number of benzene rings is 2. The van der Waals surface area contributed by atoms with Crippen molar-refractivity contribution in [1.82, 2.24) is 9.88 Å². The number of hydrogen-bond acceptors (Lipinski definition) is 6. The number of amides is 1. The molecule has 0 saturated heterocycles. The van der Waals surface area contributed by atoms with Crippen molar-refractivity contribution < 1.29 is 45.8 Å². The summed E-state index contributed by atoms with van der Waals surface area (Å²) in [6, 6.07) is 5.69. The number of aliphatic carboxylic acids is 1. The van der Waals surface area contributed by atoms with Gasteiger partial charge in [-0.05, 0) is 54.3 Å². The molecule has 8 nitrogen and oxygen atoms in total. The van der Waals surface area contributed by atoms with Crippen molar-refractivity contribution in [3.05, 3.63) is 69.7 Å². The van der Waals surface area contributed by atoms with Crippen molar-refractivity contribution in [2.24, 2.45) is 5.73 Å². The number of rotatable bonds is 9. The van der Waals surface area contributed by atoms with Gasteiger partial charge in [0.2, 0.25) is 5.89 Å². The number of carboxylic acids is 1. The van der Waals surface area contributed by atoms with Crippen LogP contribution in [-0.2, 0) is 16.5 Å². The number of ether oxygens (including phenoxy) is 1. The van der Waals surface area contributed by atoms with Gasteiger partial charge in [-0.3, -0.25) is 9.69 Å². The number of carboxylic acid groups (broad SMARTS) is 1. The third kappa shape index (κ3) is 5.44. The lowest BCUT2D eigenvalue weighted by atomic mass is 9.94. The topological polar surface area (TPSA) is 119 Å². The number of halogens is 6. The molecule has 1 aromatic heterocycles. The summed E-state index contributed by atoms with van der Waals surface area (Å²) in [6.07, 6.45) is -4.92. The minimum atomic E-state index is -4.55. The molecule has 0 saturated carbocycles. The molecule has 3 rings (SSSR count). The maximum atomic E-state index is 14.5. The first-order valence-electron chi connectivity index (χ1n) is 10.4. The van der Waals surface area contributed by atoms with Crippen molar-refractivity contribution in [1.29, 1.82) is 0 Å². The summed E-state index contributed by atoms with van der Waals surface area (Å²) in [4.78, 5) is 29.3. The fourth-order valence-corrected chi connectivity index (χ4v) is 4.04. The zero-order chi connectivity index (χ0) is 27.7. The molecule has 1 heterocycles. The number of alkyl halides is 3. The third-order valence-corrected chi connectivity index (χ3v) is 6.10. The van der Waals surface area contributed by atoms with E-state index in [9.17, 15) is 36.6 Å². The molecule has 198 valence electrons. The largest absolute Gasteiger partial charge is 0.490 e. The van der Waals surface area contributed by atoms with Crippen LogP contribution < -0.4 is 10.5 Å². The van der Waals surface area contributed by atoms with E-state index < -0.39 is 58.7 Å². The normalized spacial score (nSPS) is 13.4. The summed E-state index contributed by atoms with van der Waals surface area (Å²) in [5, 5.41) is 10.1. The second kappa shape index (κ2) is 10.5. The Bertz CT molecular complexity index is 1330. The average molecular weight is 592 g/mol. The number of likely N-dealkylation sites (N-methyl/N-ethyl adjacent to an activating group) is 1. The quantitative estimate of drug-likeness (QED) is 0.343. The number of oxazole rings is 1. The lowest BCUT2D eigenvalue weighted by molar-refractivity contribution is -0.153. The fraction of sp³-hybridized carbons (Fsp3) is 0.261. The highest BCUT2D eigenvalue weighted by atomic mass is 79.9. The molecule has 0 aliphatic rings. The van der Waals surface area contributed by atoms with Crippen molar-refractivity contribution in [2.45, 2.75) is 18.1 Å². The van der Waals surface area contributed by atoms with Crippen molar-refractivity contribution in [3.63, 3.8) is 0 Å². The monoisotopic (exact) mass is 591 g/mol. The maximum absolute atomic E-state index is 14.5. The van der Waals surface area contributed by atoms with Crippen LogP contribution in [0, 0.1) is 11.6 Å². The molecule has 1 unspecified atom stereocenters. The SMILES string of the molecule is CN(C)C(CCOc1ccc(F)c(C(N)=O)c1F)(C(=O)O)c1nc(-c2ccc(C(F)(F)F)cc2)c(Br)o1. The van der Waals surface area contributed by atoms with Crippen LogP contribution in [0.2, 0.25) is 0 Å². The zero-order valence-electron chi connectivity index (χ0n) is 19.2. The number of primary amides is 1. The Morgan fingerprint density at radius 1 is 1.14 bits per heavy atom. The van der Waals surface area contributed by atoms with Gasteiger partial charge >= 0.3 is 12.1 Å². The molecule has 3 N–H and O–H groups in total. The summed E-state index contributed by atoms with van der Waals surface area (Å²) in [5.74, 6) is -6.19. The lowest BCUT2D eigenvalue weighted by Gasteiger charge is -2.32. The first-order chi connectivity index (χ1) is 17.2. The van der Waals surface area contributed by atoms with Crippen LogP contribution >= 0.6 is 15.9 Å². The number of hydrogen-bond donors (Lipinski definition) is 2. The van der Waals surface area contributed by atoms with Gasteiger partial charge in [-0.1, -0.05) is 12.1 Å². The van der Waals surface area contributed by atoms with Crippen molar-refractivity contribution >= 4 is 27.8 Å². The van der Waals surface area contributed by atoms with E-state index >= 15 is 0 Å². The van der Waals surface area contributed by atoms with E-state index in [-0.39, 0.29) is 28.2 Å². The number of nitrogens with two attached hydrogens (primary N) is 1.